The molecule has 0 rings (SSSR count). The number of unbranched alkanes of at least 4 members (excludes halogenated alkanes) is 41. The number of hydrogen-bond acceptors (Lipinski definition) is 6. The second-order valence-corrected chi connectivity index (χ2v) is 24.1. The molecule has 0 N–H and O–H groups in total. The number of carbonyl (C=O) groups excluding carboxylic acids is 3. The van der Waals surface area contributed by atoms with Crippen molar-refractivity contribution in [1.82, 2.24) is 0 Å². The number of hydrogen-bond donors (Lipinski definition) is 0. The Kier molecular flexibility index (Phi) is 68.2. The van der Waals surface area contributed by atoms with Crippen LogP contribution in [0.25, 0.3) is 0 Å². The van der Waals surface area contributed by atoms with Gasteiger partial charge in [0, 0.05) is 19.3 Å². The molecule has 0 radical (unpaired) electrons. The topological polar surface area (TPSA) is 78.9 Å². The molecule has 0 amide bonds. The fourth-order valence-corrected chi connectivity index (χ4v) is 10.5. The van der Waals surface area contributed by atoms with E-state index in [1.807, 2.05) is 0 Å². The molecule has 0 aliphatic rings. The highest BCUT2D eigenvalue weighted by Crippen LogP contribution is 2.18. The van der Waals surface area contributed by atoms with Crippen molar-refractivity contribution < 1.29 is 28.6 Å². The van der Waals surface area contributed by atoms with Gasteiger partial charge in [-0.25, -0.2) is 0 Å². The van der Waals surface area contributed by atoms with Crippen molar-refractivity contribution in [1.29, 1.82) is 0 Å². The molecule has 6 heteroatoms. The highest BCUT2D eigenvalue weighted by atomic mass is 16.6. The molecule has 0 bridgehead atoms. The first kappa shape index (κ1) is 79.6. The molecule has 480 valence electrons. The van der Waals surface area contributed by atoms with Crippen LogP contribution in [0.3, 0.4) is 0 Å². The molecule has 1 unspecified atom stereocenters. The van der Waals surface area contributed by atoms with E-state index >= 15 is 0 Å². The number of ether oxygens (including phenoxy) is 3. The summed E-state index contributed by atoms with van der Waals surface area (Å²) < 4.78 is 17.0. The predicted octanol–water partition coefficient (Wildman–Crippen LogP) is 25.0. The molecule has 0 saturated heterocycles. The van der Waals surface area contributed by atoms with E-state index in [0.29, 0.717) is 19.3 Å². The number of esters is 3. The van der Waals surface area contributed by atoms with Crippen molar-refractivity contribution in [3.8, 4) is 0 Å². The van der Waals surface area contributed by atoms with E-state index in [1.54, 1.807) is 0 Å². The Balaban J connectivity index is 4.14. The second kappa shape index (κ2) is 71.1. The highest BCUT2D eigenvalue weighted by molar-refractivity contribution is 5.71. The first-order valence-electron chi connectivity index (χ1n) is 36.1. The van der Waals surface area contributed by atoms with E-state index in [9.17, 15) is 14.4 Å². The van der Waals surface area contributed by atoms with Gasteiger partial charge in [0.1, 0.15) is 13.2 Å². The summed E-state index contributed by atoms with van der Waals surface area (Å²) in [7, 11) is 0. The van der Waals surface area contributed by atoms with E-state index in [4.69, 9.17) is 14.2 Å². The zero-order valence-corrected chi connectivity index (χ0v) is 55.2. The number of rotatable bonds is 66. The second-order valence-electron chi connectivity index (χ2n) is 24.1. The maximum atomic E-state index is 12.9. The quantitative estimate of drug-likeness (QED) is 0.0261. The molecule has 0 aliphatic heterocycles. The van der Waals surface area contributed by atoms with E-state index in [0.717, 1.165) is 96.3 Å². The first-order valence-corrected chi connectivity index (χ1v) is 36.1. The van der Waals surface area contributed by atoms with Gasteiger partial charge in [0.2, 0.25) is 0 Å². The lowest BCUT2D eigenvalue weighted by Crippen LogP contribution is -2.30. The molecule has 0 aliphatic carbocycles. The van der Waals surface area contributed by atoms with Crippen molar-refractivity contribution in [3.63, 3.8) is 0 Å². The molecule has 6 nitrogen and oxygen atoms in total. The number of carbonyl (C=O) groups is 3. The number of allylic oxidation sites excluding steroid dienone is 14. The summed E-state index contributed by atoms with van der Waals surface area (Å²) in [5.41, 5.74) is 0. The van der Waals surface area contributed by atoms with Gasteiger partial charge in [0.15, 0.2) is 6.10 Å². The SMILES string of the molecule is CC/C=C\C/C=C\C/C=C\C/C=C\C/C=C\C/C=C\CCCCCCCCCCCCCCCCCCC(=O)OCC(COC(=O)CCCCCCCCCCCCCCC)OC(=O)CCCCCCCCC/C=C\CCCCCCCC. The zero-order valence-electron chi connectivity index (χ0n) is 55.2. The molecule has 0 heterocycles. The van der Waals surface area contributed by atoms with E-state index in [2.05, 4.69) is 106 Å². The molecule has 0 spiro atoms. The smallest absolute Gasteiger partial charge is 0.306 e. The normalized spacial score (nSPS) is 12.6. The molecule has 0 saturated carbocycles. The van der Waals surface area contributed by atoms with Crippen LogP contribution in [-0.2, 0) is 28.6 Å². The van der Waals surface area contributed by atoms with Crippen LogP contribution >= 0.6 is 0 Å². The molecule has 83 heavy (non-hydrogen) atoms. The summed E-state index contributed by atoms with van der Waals surface area (Å²) in [6.07, 6.45) is 94.8. The fourth-order valence-electron chi connectivity index (χ4n) is 10.5. The van der Waals surface area contributed by atoms with Gasteiger partial charge in [0.05, 0.1) is 0 Å². The minimum absolute atomic E-state index is 0.0716. The van der Waals surface area contributed by atoms with E-state index < -0.39 is 6.10 Å². The van der Waals surface area contributed by atoms with Crippen LogP contribution in [0.5, 0.6) is 0 Å². The minimum Gasteiger partial charge on any atom is -0.462 e. The summed E-state index contributed by atoms with van der Waals surface area (Å²) in [4.78, 5) is 38.4. The molecule has 0 aromatic heterocycles. The van der Waals surface area contributed by atoms with Gasteiger partial charge in [-0.2, -0.15) is 0 Å². The summed E-state index contributed by atoms with van der Waals surface area (Å²) in [6.45, 7) is 6.57. The third kappa shape index (κ3) is 69.3. The highest BCUT2D eigenvalue weighted by Gasteiger charge is 2.19. The third-order valence-electron chi connectivity index (χ3n) is 15.9. The van der Waals surface area contributed by atoms with Crippen LogP contribution < -0.4 is 0 Å². The maximum absolute atomic E-state index is 12.9. The summed E-state index contributed by atoms with van der Waals surface area (Å²) in [5, 5.41) is 0. The average molecular weight is 1160 g/mol. The Bertz CT molecular complexity index is 1570. The van der Waals surface area contributed by atoms with Crippen LogP contribution in [0.1, 0.15) is 367 Å². The standard InChI is InChI=1S/C77H136O6/c1-4-7-10-13-16-19-22-25-27-29-30-31-32-33-34-35-36-37-38-39-40-41-42-43-44-45-46-48-49-52-55-58-61-64-67-70-76(79)82-73-74(72-81-75(78)69-66-63-60-57-54-51-24-21-18-15-12-9-6-3)83-77(80)71-68-65-62-59-56-53-50-47-28-26-23-20-17-14-11-8-5-2/h7,10,16,19,25-28,30-31,33-34,36-37,74H,4-6,8-9,11-15,17-18,20-24,29,32,35,38-73H2,1-3H3/b10-7-,19-16-,27-25-,28-26-,31-30-,34-33-,37-36-. The molecule has 1 atom stereocenters. The monoisotopic (exact) mass is 1160 g/mol. The Hall–Kier alpha value is -3.41. The Morgan fingerprint density at radius 3 is 0.747 bits per heavy atom. The third-order valence-corrected chi connectivity index (χ3v) is 15.9. The molecular weight excluding hydrogens is 1020 g/mol. The van der Waals surface area contributed by atoms with Crippen molar-refractivity contribution in [2.45, 2.75) is 374 Å². The maximum Gasteiger partial charge on any atom is 0.306 e. The molecular formula is C77H136O6. The lowest BCUT2D eigenvalue weighted by molar-refractivity contribution is -0.167. The molecule has 0 fully saturated rings. The first-order chi connectivity index (χ1) is 41.0. The van der Waals surface area contributed by atoms with Crippen LogP contribution in [0, 0.1) is 0 Å². The Morgan fingerprint density at radius 2 is 0.470 bits per heavy atom. The summed E-state index contributed by atoms with van der Waals surface area (Å²) in [5.74, 6) is -0.854. The molecule has 0 aromatic rings. The zero-order chi connectivity index (χ0) is 59.9. The fraction of sp³-hybridized carbons (Fsp3) is 0.779. The van der Waals surface area contributed by atoms with Gasteiger partial charge in [-0.05, 0) is 96.3 Å². The summed E-state index contributed by atoms with van der Waals surface area (Å²) >= 11 is 0. The van der Waals surface area contributed by atoms with Gasteiger partial charge in [-0.1, -0.05) is 337 Å². The Morgan fingerprint density at radius 1 is 0.253 bits per heavy atom. The predicted molar refractivity (Wildman–Crippen MR) is 362 cm³/mol. The lowest BCUT2D eigenvalue weighted by atomic mass is 10.0. The average Bonchev–Trinajstić information content (AvgIpc) is 3.49. The minimum atomic E-state index is -0.775. The van der Waals surface area contributed by atoms with E-state index in [1.165, 1.54) is 231 Å². The van der Waals surface area contributed by atoms with Crippen LogP contribution in [-0.4, -0.2) is 37.2 Å². The van der Waals surface area contributed by atoms with Gasteiger partial charge >= 0.3 is 17.9 Å². The summed E-state index contributed by atoms with van der Waals surface area (Å²) in [6, 6.07) is 0. The van der Waals surface area contributed by atoms with Crippen LogP contribution in [0.4, 0.5) is 0 Å². The largest absolute Gasteiger partial charge is 0.462 e. The van der Waals surface area contributed by atoms with Crippen molar-refractivity contribution >= 4 is 17.9 Å². The van der Waals surface area contributed by atoms with Gasteiger partial charge in [-0.3, -0.25) is 14.4 Å². The molecule has 0 aromatic carbocycles. The van der Waals surface area contributed by atoms with Crippen molar-refractivity contribution in [2.75, 3.05) is 13.2 Å². The van der Waals surface area contributed by atoms with Gasteiger partial charge < -0.3 is 14.2 Å². The van der Waals surface area contributed by atoms with Crippen molar-refractivity contribution in [3.05, 3.63) is 85.1 Å². The Labute approximate surface area is 515 Å². The van der Waals surface area contributed by atoms with Gasteiger partial charge in [0.25, 0.3) is 0 Å². The van der Waals surface area contributed by atoms with Crippen molar-refractivity contribution in [2.24, 2.45) is 0 Å². The lowest BCUT2D eigenvalue weighted by Gasteiger charge is -2.18. The van der Waals surface area contributed by atoms with Crippen LogP contribution in [0.2, 0.25) is 0 Å². The van der Waals surface area contributed by atoms with Gasteiger partial charge in [-0.15, -0.1) is 0 Å². The van der Waals surface area contributed by atoms with E-state index in [-0.39, 0.29) is 31.1 Å². The van der Waals surface area contributed by atoms with Crippen LogP contribution in [0.15, 0.2) is 85.1 Å².